The molecule has 3 nitrogen and oxygen atoms in total. The van der Waals surface area contributed by atoms with E-state index in [0.29, 0.717) is 5.92 Å². The van der Waals surface area contributed by atoms with Gasteiger partial charge in [0.2, 0.25) is 0 Å². The third-order valence-corrected chi connectivity index (χ3v) is 4.10. The van der Waals surface area contributed by atoms with Crippen LogP contribution in [0.15, 0.2) is 24.3 Å². The highest BCUT2D eigenvalue weighted by Gasteiger charge is 2.27. The molecular weight excluding hydrogens is 226 g/mol. The summed E-state index contributed by atoms with van der Waals surface area (Å²) in [5.41, 5.74) is 1.34. The highest BCUT2D eigenvalue weighted by atomic mass is 16.5. The van der Waals surface area contributed by atoms with Crippen LogP contribution < -0.4 is 4.74 Å². The van der Waals surface area contributed by atoms with Crippen molar-refractivity contribution >= 4 is 6.29 Å². The highest BCUT2D eigenvalue weighted by molar-refractivity contribution is 5.53. The molecule has 0 aromatic heterocycles. The maximum atomic E-state index is 10.7. The SMILES string of the molecule is O=CC1CCN(CC2COc3ccccc32)CC1. The molecule has 2 aliphatic rings. The lowest BCUT2D eigenvalue weighted by Crippen LogP contribution is -2.37. The predicted molar refractivity (Wildman–Crippen MR) is 69.9 cm³/mol. The first-order chi connectivity index (χ1) is 8.86. The highest BCUT2D eigenvalue weighted by Crippen LogP contribution is 2.34. The summed E-state index contributed by atoms with van der Waals surface area (Å²) in [6.07, 6.45) is 3.14. The van der Waals surface area contributed by atoms with Crippen LogP contribution in [0.1, 0.15) is 24.3 Å². The molecule has 1 saturated heterocycles. The fraction of sp³-hybridized carbons (Fsp3) is 0.533. The van der Waals surface area contributed by atoms with Gasteiger partial charge in [0, 0.05) is 23.9 Å². The Balaban J connectivity index is 1.60. The first kappa shape index (κ1) is 11.7. The van der Waals surface area contributed by atoms with Gasteiger partial charge in [-0.1, -0.05) is 18.2 Å². The third-order valence-electron chi connectivity index (χ3n) is 4.10. The lowest BCUT2D eigenvalue weighted by molar-refractivity contribution is -0.112. The van der Waals surface area contributed by atoms with Gasteiger partial charge in [0.1, 0.15) is 12.0 Å². The molecule has 3 rings (SSSR count). The Bertz CT molecular complexity index is 424. The molecule has 96 valence electrons. The molecule has 1 aromatic rings. The lowest BCUT2D eigenvalue weighted by Gasteiger charge is -2.31. The molecular formula is C15H19NO2. The second-order valence-corrected chi connectivity index (χ2v) is 5.32. The lowest BCUT2D eigenvalue weighted by atomic mass is 9.96. The number of hydrogen-bond acceptors (Lipinski definition) is 3. The quantitative estimate of drug-likeness (QED) is 0.764. The summed E-state index contributed by atoms with van der Waals surface area (Å²) in [5.74, 6) is 1.83. The fourth-order valence-corrected chi connectivity index (χ4v) is 2.96. The van der Waals surface area contributed by atoms with Crippen molar-refractivity contribution in [3.8, 4) is 5.75 Å². The van der Waals surface area contributed by atoms with Crippen LogP contribution in [0.4, 0.5) is 0 Å². The summed E-state index contributed by atoms with van der Waals surface area (Å²) in [4.78, 5) is 13.2. The van der Waals surface area contributed by atoms with Crippen molar-refractivity contribution in [2.24, 2.45) is 5.92 Å². The summed E-state index contributed by atoms with van der Waals surface area (Å²) in [5, 5.41) is 0. The Morgan fingerprint density at radius 2 is 2.06 bits per heavy atom. The molecule has 0 saturated carbocycles. The van der Waals surface area contributed by atoms with E-state index in [-0.39, 0.29) is 5.92 Å². The Kier molecular flexibility index (Phi) is 3.33. The molecule has 0 spiro atoms. The normalized spacial score (nSPS) is 24.6. The maximum Gasteiger partial charge on any atom is 0.123 e. The van der Waals surface area contributed by atoms with E-state index < -0.39 is 0 Å². The summed E-state index contributed by atoms with van der Waals surface area (Å²) in [6.45, 7) is 3.94. The number of carbonyl (C=O) groups is 1. The van der Waals surface area contributed by atoms with Gasteiger partial charge in [0.05, 0.1) is 6.61 Å². The minimum Gasteiger partial charge on any atom is -0.493 e. The van der Waals surface area contributed by atoms with Gasteiger partial charge in [-0.15, -0.1) is 0 Å². The molecule has 0 radical (unpaired) electrons. The zero-order chi connectivity index (χ0) is 12.4. The molecule has 1 fully saturated rings. The first-order valence-electron chi connectivity index (χ1n) is 6.76. The fourth-order valence-electron chi connectivity index (χ4n) is 2.96. The second kappa shape index (κ2) is 5.11. The van der Waals surface area contributed by atoms with Gasteiger partial charge in [0.15, 0.2) is 0 Å². The standard InChI is InChI=1S/C15H19NO2/c17-10-12-5-7-16(8-6-12)9-13-11-18-15-4-2-1-3-14(13)15/h1-4,10,12-13H,5-9,11H2. The monoisotopic (exact) mass is 245 g/mol. The number of para-hydroxylation sites is 1. The van der Waals surface area contributed by atoms with Crippen LogP contribution in [0.3, 0.4) is 0 Å². The van der Waals surface area contributed by atoms with Gasteiger partial charge in [-0.05, 0) is 32.0 Å². The van der Waals surface area contributed by atoms with Crippen molar-refractivity contribution in [3.05, 3.63) is 29.8 Å². The number of hydrogen-bond donors (Lipinski definition) is 0. The average Bonchev–Trinajstić information content (AvgIpc) is 2.83. The zero-order valence-electron chi connectivity index (χ0n) is 10.5. The van der Waals surface area contributed by atoms with E-state index in [0.717, 1.165) is 51.1 Å². The summed E-state index contributed by atoms with van der Waals surface area (Å²) < 4.78 is 5.71. The van der Waals surface area contributed by atoms with Crippen LogP contribution in [0, 0.1) is 5.92 Å². The Labute approximate surface area is 108 Å². The molecule has 0 bridgehead atoms. The second-order valence-electron chi connectivity index (χ2n) is 5.32. The van der Waals surface area contributed by atoms with Gasteiger partial charge in [-0.2, -0.15) is 0 Å². The van der Waals surface area contributed by atoms with Gasteiger partial charge in [0.25, 0.3) is 0 Å². The summed E-state index contributed by atoms with van der Waals surface area (Å²) in [7, 11) is 0. The minimum absolute atomic E-state index is 0.286. The summed E-state index contributed by atoms with van der Waals surface area (Å²) >= 11 is 0. The molecule has 0 amide bonds. The number of fused-ring (bicyclic) bond motifs is 1. The number of nitrogens with zero attached hydrogens (tertiary/aromatic N) is 1. The molecule has 2 aliphatic heterocycles. The van der Waals surface area contributed by atoms with Crippen LogP contribution in [-0.2, 0) is 4.79 Å². The molecule has 1 aromatic carbocycles. The maximum absolute atomic E-state index is 10.7. The largest absolute Gasteiger partial charge is 0.493 e. The van der Waals surface area contributed by atoms with E-state index in [2.05, 4.69) is 17.0 Å². The number of likely N-dealkylation sites (tertiary alicyclic amines) is 1. The number of rotatable bonds is 3. The Hall–Kier alpha value is -1.35. The van der Waals surface area contributed by atoms with Crippen molar-refractivity contribution in [3.63, 3.8) is 0 Å². The van der Waals surface area contributed by atoms with E-state index in [1.54, 1.807) is 0 Å². The third kappa shape index (κ3) is 2.27. The van der Waals surface area contributed by atoms with E-state index in [4.69, 9.17) is 4.74 Å². The van der Waals surface area contributed by atoms with E-state index >= 15 is 0 Å². The molecule has 3 heteroatoms. The smallest absolute Gasteiger partial charge is 0.123 e. The number of piperidine rings is 1. The van der Waals surface area contributed by atoms with Crippen molar-refractivity contribution in [1.82, 2.24) is 4.90 Å². The van der Waals surface area contributed by atoms with Crippen molar-refractivity contribution in [2.75, 3.05) is 26.2 Å². The van der Waals surface area contributed by atoms with Crippen molar-refractivity contribution in [1.29, 1.82) is 0 Å². The van der Waals surface area contributed by atoms with Crippen LogP contribution in [0.2, 0.25) is 0 Å². The van der Waals surface area contributed by atoms with E-state index in [1.165, 1.54) is 5.56 Å². The van der Waals surface area contributed by atoms with Crippen LogP contribution in [-0.4, -0.2) is 37.4 Å². The molecule has 18 heavy (non-hydrogen) atoms. The van der Waals surface area contributed by atoms with Gasteiger partial charge in [-0.3, -0.25) is 0 Å². The van der Waals surface area contributed by atoms with Gasteiger partial charge >= 0.3 is 0 Å². The Morgan fingerprint density at radius 1 is 1.28 bits per heavy atom. The van der Waals surface area contributed by atoms with Gasteiger partial charge < -0.3 is 14.4 Å². The van der Waals surface area contributed by atoms with Crippen molar-refractivity contribution < 1.29 is 9.53 Å². The molecule has 0 aliphatic carbocycles. The predicted octanol–water partition coefficient (Wildman–Crippen LogP) is 2.07. The Morgan fingerprint density at radius 3 is 2.83 bits per heavy atom. The molecule has 1 atom stereocenters. The van der Waals surface area contributed by atoms with Gasteiger partial charge in [-0.25, -0.2) is 0 Å². The topological polar surface area (TPSA) is 29.5 Å². The van der Waals surface area contributed by atoms with Crippen molar-refractivity contribution in [2.45, 2.75) is 18.8 Å². The zero-order valence-corrected chi connectivity index (χ0v) is 10.5. The molecule has 0 N–H and O–H groups in total. The molecule has 2 heterocycles. The van der Waals surface area contributed by atoms with E-state index in [9.17, 15) is 4.79 Å². The average molecular weight is 245 g/mol. The van der Waals surface area contributed by atoms with Crippen LogP contribution in [0.25, 0.3) is 0 Å². The van der Waals surface area contributed by atoms with Crippen LogP contribution in [0.5, 0.6) is 5.75 Å². The number of carbonyl (C=O) groups excluding carboxylic acids is 1. The first-order valence-corrected chi connectivity index (χ1v) is 6.76. The number of benzene rings is 1. The number of ether oxygens (including phenoxy) is 1. The molecule has 1 unspecified atom stereocenters. The van der Waals surface area contributed by atoms with Crippen LogP contribution >= 0.6 is 0 Å². The number of aldehydes is 1. The van der Waals surface area contributed by atoms with E-state index in [1.807, 2.05) is 12.1 Å². The summed E-state index contributed by atoms with van der Waals surface area (Å²) in [6, 6.07) is 8.33. The minimum atomic E-state index is 0.286.